The lowest BCUT2D eigenvalue weighted by molar-refractivity contribution is -0.151. The van der Waals surface area contributed by atoms with Crippen LogP contribution in [0.2, 0.25) is 0 Å². The Morgan fingerprint density at radius 3 is 2.43 bits per heavy atom. The van der Waals surface area contributed by atoms with Crippen LogP contribution in [-0.4, -0.2) is 19.2 Å². The van der Waals surface area contributed by atoms with Crippen molar-refractivity contribution in [2.24, 2.45) is 16.7 Å². The Balaban J connectivity index is 2.01. The second-order valence-corrected chi connectivity index (χ2v) is 7.64. The molecule has 0 aromatic heterocycles. The van der Waals surface area contributed by atoms with E-state index in [1.807, 2.05) is 12.1 Å². The van der Waals surface area contributed by atoms with Crippen molar-refractivity contribution in [2.45, 2.75) is 46.6 Å². The highest BCUT2D eigenvalue weighted by molar-refractivity contribution is 5.68. The summed E-state index contributed by atoms with van der Waals surface area (Å²) in [6, 6.07) is 8.04. The maximum atomic E-state index is 11.6. The minimum atomic E-state index is -0.194. The van der Waals surface area contributed by atoms with E-state index in [1.54, 1.807) is 7.11 Å². The fourth-order valence-corrected chi connectivity index (χ4v) is 4.56. The third kappa shape index (κ3) is 2.37. The van der Waals surface area contributed by atoms with Crippen LogP contribution in [-0.2, 0) is 9.53 Å². The van der Waals surface area contributed by atoms with Gasteiger partial charge in [-0.2, -0.15) is 0 Å². The van der Waals surface area contributed by atoms with Gasteiger partial charge in [0.2, 0.25) is 0 Å². The molecule has 2 bridgehead atoms. The van der Waals surface area contributed by atoms with E-state index in [0.717, 1.165) is 17.7 Å². The molecule has 3 rings (SSSR count). The molecule has 0 saturated heterocycles. The van der Waals surface area contributed by atoms with Crippen molar-refractivity contribution in [1.29, 1.82) is 0 Å². The molecule has 3 atom stereocenters. The number of esters is 1. The van der Waals surface area contributed by atoms with Crippen molar-refractivity contribution in [3.05, 3.63) is 35.4 Å². The number of hydrogen-bond donors (Lipinski definition) is 0. The van der Waals surface area contributed by atoms with Gasteiger partial charge in [0.1, 0.15) is 11.9 Å². The number of carbonyl (C=O) groups excluding carboxylic acids is 1. The number of carbonyl (C=O) groups is 1. The van der Waals surface area contributed by atoms with E-state index in [2.05, 4.69) is 39.0 Å². The highest BCUT2D eigenvalue weighted by atomic mass is 16.5. The Hall–Kier alpha value is -1.77. The average Bonchev–Trinajstić information content (AvgIpc) is 2.81. The quantitative estimate of drug-likeness (QED) is 0.772. The van der Waals surface area contributed by atoms with Crippen LogP contribution < -0.4 is 4.74 Å². The van der Waals surface area contributed by atoms with Crippen LogP contribution in [0.3, 0.4) is 0 Å². The SMILES string of the molecule is COc1ccc(/C=C2/C3CCC(C)(C2OC(C)=O)C3(C)C)cc1. The molecule has 2 aliphatic rings. The Morgan fingerprint density at radius 2 is 1.87 bits per heavy atom. The first kappa shape index (κ1) is 16.1. The van der Waals surface area contributed by atoms with Crippen molar-refractivity contribution >= 4 is 12.0 Å². The van der Waals surface area contributed by atoms with Gasteiger partial charge in [-0.3, -0.25) is 4.79 Å². The lowest BCUT2D eigenvalue weighted by Crippen LogP contribution is -2.38. The van der Waals surface area contributed by atoms with Gasteiger partial charge in [0, 0.05) is 12.3 Å². The van der Waals surface area contributed by atoms with E-state index >= 15 is 0 Å². The highest BCUT2D eigenvalue weighted by Crippen LogP contribution is 2.68. The van der Waals surface area contributed by atoms with Gasteiger partial charge in [0.25, 0.3) is 0 Å². The van der Waals surface area contributed by atoms with Crippen LogP contribution in [0.15, 0.2) is 29.8 Å². The zero-order valence-corrected chi connectivity index (χ0v) is 14.7. The lowest BCUT2D eigenvalue weighted by Gasteiger charge is -2.38. The zero-order valence-electron chi connectivity index (χ0n) is 14.7. The van der Waals surface area contributed by atoms with Gasteiger partial charge in [0.15, 0.2) is 0 Å². The van der Waals surface area contributed by atoms with Crippen LogP contribution in [0.1, 0.15) is 46.1 Å². The number of ether oxygens (including phenoxy) is 2. The van der Waals surface area contributed by atoms with Crippen molar-refractivity contribution in [3.63, 3.8) is 0 Å². The topological polar surface area (TPSA) is 35.5 Å². The molecule has 23 heavy (non-hydrogen) atoms. The van der Waals surface area contributed by atoms with Gasteiger partial charge < -0.3 is 9.47 Å². The molecule has 0 N–H and O–H groups in total. The van der Waals surface area contributed by atoms with Gasteiger partial charge >= 0.3 is 5.97 Å². The molecule has 3 unspecified atom stereocenters. The monoisotopic (exact) mass is 314 g/mol. The summed E-state index contributed by atoms with van der Waals surface area (Å²) in [6.45, 7) is 8.41. The van der Waals surface area contributed by atoms with Crippen LogP contribution in [0, 0.1) is 16.7 Å². The average molecular weight is 314 g/mol. The lowest BCUT2D eigenvalue weighted by atomic mass is 9.70. The number of rotatable bonds is 3. The van der Waals surface area contributed by atoms with Gasteiger partial charge in [-0.05, 0) is 47.4 Å². The molecule has 1 aromatic rings. The number of hydrogen-bond acceptors (Lipinski definition) is 3. The molecule has 1 aromatic carbocycles. The second kappa shape index (κ2) is 5.40. The summed E-state index contributed by atoms with van der Waals surface area (Å²) in [5.74, 6) is 1.13. The third-order valence-corrected chi connectivity index (χ3v) is 6.31. The molecule has 2 saturated carbocycles. The first-order chi connectivity index (χ1) is 10.8. The number of methoxy groups -OCH3 is 1. The van der Waals surface area contributed by atoms with Crippen molar-refractivity contribution in [3.8, 4) is 5.75 Å². The molecule has 0 aliphatic heterocycles. The van der Waals surface area contributed by atoms with Crippen LogP contribution in [0.25, 0.3) is 6.08 Å². The maximum Gasteiger partial charge on any atom is 0.303 e. The summed E-state index contributed by atoms with van der Waals surface area (Å²) < 4.78 is 11.0. The molecular formula is C20H26O3. The number of benzene rings is 1. The standard InChI is InChI=1S/C20H26O3/c1-13(21)23-18-16(12-14-6-8-15(22-5)9-7-14)17-10-11-20(18,4)19(17,2)3/h6-9,12,17-18H,10-11H2,1-5H3/b16-12-. The van der Waals surface area contributed by atoms with Crippen molar-refractivity contribution in [1.82, 2.24) is 0 Å². The van der Waals surface area contributed by atoms with E-state index in [9.17, 15) is 4.79 Å². The minimum Gasteiger partial charge on any atom is -0.497 e. The maximum absolute atomic E-state index is 11.6. The van der Waals surface area contributed by atoms with E-state index in [4.69, 9.17) is 9.47 Å². The Kier molecular flexibility index (Phi) is 3.78. The molecule has 3 nitrogen and oxygen atoms in total. The Bertz CT molecular complexity index is 641. The minimum absolute atomic E-state index is 0.0155. The smallest absolute Gasteiger partial charge is 0.303 e. The molecule has 2 fully saturated rings. The predicted octanol–water partition coefficient (Wildman–Crippen LogP) is 4.47. The molecule has 0 spiro atoms. The van der Waals surface area contributed by atoms with E-state index < -0.39 is 0 Å². The van der Waals surface area contributed by atoms with E-state index in [1.165, 1.54) is 18.9 Å². The number of fused-ring (bicyclic) bond motifs is 2. The van der Waals surface area contributed by atoms with Gasteiger partial charge in [-0.25, -0.2) is 0 Å². The van der Waals surface area contributed by atoms with Crippen LogP contribution in [0.5, 0.6) is 5.75 Å². The van der Waals surface area contributed by atoms with Crippen molar-refractivity contribution in [2.75, 3.05) is 7.11 Å². The Labute approximate surface area is 138 Å². The molecule has 0 heterocycles. The summed E-state index contributed by atoms with van der Waals surface area (Å²) in [5, 5.41) is 0. The van der Waals surface area contributed by atoms with Gasteiger partial charge in [-0.1, -0.05) is 39.0 Å². The summed E-state index contributed by atoms with van der Waals surface area (Å²) in [6.07, 6.45) is 4.38. The van der Waals surface area contributed by atoms with E-state index in [0.29, 0.717) is 5.92 Å². The summed E-state index contributed by atoms with van der Waals surface area (Å²) in [4.78, 5) is 11.6. The molecular weight excluding hydrogens is 288 g/mol. The second-order valence-electron chi connectivity index (χ2n) is 7.64. The molecule has 0 amide bonds. The normalized spacial score (nSPS) is 33.0. The highest BCUT2D eigenvalue weighted by Gasteiger charge is 2.65. The summed E-state index contributed by atoms with van der Waals surface area (Å²) >= 11 is 0. The van der Waals surface area contributed by atoms with Gasteiger partial charge in [-0.15, -0.1) is 0 Å². The largest absolute Gasteiger partial charge is 0.497 e. The van der Waals surface area contributed by atoms with E-state index in [-0.39, 0.29) is 22.9 Å². The molecule has 124 valence electrons. The molecule has 0 radical (unpaired) electrons. The first-order valence-electron chi connectivity index (χ1n) is 8.32. The molecule has 2 aliphatic carbocycles. The third-order valence-electron chi connectivity index (χ3n) is 6.31. The van der Waals surface area contributed by atoms with Crippen LogP contribution >= 0.6 is 0 Å². The first-order valence-corrected chi connectivity index (χ1v) is 8.32. The Morgan fingerprint density at radius 1 is 1.22 bits per heavy atom. The summed E-state index contributed by atoms with van der Waals surface area (Å²) in [5.41, 5.74) is 2.56. The molecule has 3 heteroatoms. The van der Waals surface area contributed by atoms with Crippen molar-refractivity contribution < 1.29 is 14.3 Å². The van der Waals surface area contributed by atoms with Gasteiger partial charge in [0.05, 0.1) is 7.11 Å². The predicted molar refractivity (Wildman–Crippen MR) is 91.1 cm³/mol. The fraction of sp³-hybridized carbons (Fsp3) is 0.550. The van der Waals surface area contributed by atoms with Crippen LogP contribution in [0.4, 0.5) is 0 Å². The zero-order chi connectivity index (χ0) is 16.8. The fourth-order valence-electron chi connectivity index (χ4n) is 4.56. The summed E-state index contributed by atoms with van der Waals surface area (Å²) in [7, 11) is 1.67.